The van der Waals surface area contributed by atoms with Crippen molar-refractivity contribution in [1.29, 1.82) is 0 Å². The molecule has 0 aromatic carbocycles. The van der Waals surface area contributed by atoms with Crippen molar-refractivity contribution in [2.45, 2.75) is 99.3 Å². The average Bonchev–Trinajstić information content (AvgIpc) is 2.33. The van der Waals surface area contributed by atoms with Gasteiger partial charge in [0.15, 0.2) is 0 Å². The fourth-order valence-electron chi connectivity index (χ4n) is 2.63. The van der Waals surface area contributed by atoms with Crippen LogP contribution in [0.25, 0.3) is 0 Å². The number of nitrogens with zero attached hydrogens (tertiary/aromatic N) is 2. The summed E-state index contributed by atoms with van der Waals surface area (Å²) in [5, 5.41) is 0. The molecule has 0 amide bonds. The Labute approximate surface area is 133 Å². The van der Waals surface area contributed by atoms with E-state index in [9.17, 15) is 0 Å². The molecule has 0 saturated heterocycles. The molecule has 21 heavy (non-hydrogen) atoms. The van der Waals surface area contributed by atoms with Gasteiger partial charge in [-0.15, -0.1) is 0 Å². The summed E-state index contributed by atoms with van der Waals surface area (Å²) in [4.78, 5) is 4.74. The molecule has 0 radical (unpaired) electrons. The van der Waals surface area contributed by atoms with Crippen molar-refractivity contribution in [3.63, 3.8) is 0 Å². The summed E-state index contributed by atoms with van der Waals surface area (Å²) in [5.74, 6) is 1.01. The Kier molecular flexibility index (Phi) is 9.56. The molecule has 0 unspecified atom stereocenters. The Bertz CT molecular complexity index is 280. The number of hydrogen-bond donors (Lipinski definition) is 0. The highest BCUT2D eigenvalue weighted by molar-refractivity contribution is 4.98. The first-order valence-electron chi connectivity index (χ1n) is 8.62. The van der Waals surface area contributed by atoms with Gasteiger partial charge in [0.25, 0.3) is 0 Å². The van der Waals surface area contributed by atoms with Crippen molar-refractivity contribution >= 4 is 0 Å². The second-order valence-electron chi connectivity index (χ2n) is 6.90. The van der Waals surface area contributed by atoms with E-state index in [1.54, 1.807) is 0 Å². The molecular weight excluding hydrogens is 260 g/mol. The molecule has 0 aliphatic carbocycles. The first-order chi connectivity index (χ1) is 9.72. The maximum atomic E-state index is 6.14. The molecule has 0 aromatic heterocycles. The number of ether oxygens (including phenoxy) is 1. The second-order valence-corrected chi connectivity index (χ2v) is 6.90. The molecule has 3 nitrogen and oxygen atoms in total. The molecule has 0 spiro atoms. The van der Waals surface area contributed by atoms with Crippen LogP contribution in [0.5, 0.6) is 0 Å². The fourth-order valence-corrected chi connectivity index (χ4v) is 2.63. The highest BCUT2D eigenvalue weighted by Gasteiger charge is 2.20. The van der Waals surface area contributed by atoms with Crippen molar-refractivity contribution in [2.24, 2.45) is 0 Å². The Balaban J connectivity index is 5.35. The topological polar surface area (TPSA) is 15.7 Å². The lowest BCUT2D eigenvalue weighted by Gasteiger charge is -2.37. The SMILES string of the molecule is CCCCO/C(=C\N(C(C)C)C(C)C)N(C(C)C)C(C)C. The molecule has 0 aromatic rings. The van der Waals surface area contributed by atoms with Gasteiger partial charge in [0.05, 0.1) is 12.8 Å². The predicted molar refractivity (Wildman–Crippen MR) is 93.2 cm³/mol. The second kappa shape index (κ2) is 9.97. The van der Waals surface area contributed by atoms with Gasteiger partial charge < -0.3 is 14.5 Å². The Hall–Kier alpha value is -0.860. The van der Waals surface area contributed by atoms with Crippen molar-refractivity contribution in [2.75, 3.05) is 6.61 Å². The van der Waals surface area contributed by atoms with E-state index < -0.39 is 0 Å². The van der Waals surface area contributed by atoms with Crippen LogP contribution >= 0.6 is 0 Å². The summed E-state index contributed by atoms with van der Waals surface area (Å²) >= 11 is 0. The summed E-state index contributed by atoms with van der Waals surface area (Å²) < 4.78 is 6.14. The van der Waals surface area contributed by atoms with Gasteiger partial charge in [-0.2, -0.15) is 0 Å². The number of hydrogen-bond acceptors (Lipinski definition) is 3. The molecular formula is C18H38N2O. The molecule has 0 rings (SSSR count). The van der Waals surface area contributed by atoms with Crippen LogP contribution in [0.3, 0.4) is 0 Å². The third-order valence-corrected chi connectivity index (χ3v) is 3.57. The van der Waals surface area contributed by atoms with Crippen LogP contribution in [0.1, 0.15) is 75.2 Å². The monoisotopic (exact) mass is 298 g/mol. The van der Waals surface area contributed by atoms with Crippen LogP contribution in [0.15, 0.2) is 12.1 Å². The van der Waals surface area contributed by atoms with Crippen molar-refractivity contribution < 1.29 is 4.74 Å². The van der Waals surface area contributed by atoms with E-state index in [4.69, 9.17) is 4.74 Å². The van der Waals surface area contributed by atoms with Gasteiger partial charge in [-0.3, -0.25) is 0 Å². The third kappa shape index (κ3) is 7.10. The van der Waals surface area contributed by atoms with Crippen molar-refractivity contribution in [3.8, 4) is 0 Å². The quantitative estimate of drug-likeness (QED) is 0.424. The van der Waals surface area contributed by atoms with Crippen LogP contribution < -0.4 is 0 Å². The van der Waals surface area contributed by atoms with Crippen LogP contribution in [-0.4, -0.2) is 40.6 Å². The van der Waals surface area contributed by atoms with E-state index in [-0.39, 0.29) is 0 Å². The van der Waals surface area contributed by atoms with Crippen LogP contribution in [0.4, 0.5) is 0 Å². The number of unbranched alkanes of at least 4 members (excludes halogenated alkanes) is 1. The van der Waals surface area contributed by atoms with E-state index >= 15 is 0 Å². The Morgan fingerprint density at radius 1 is 0.857 bits per heavy atom. The molecule has 3 heteroatoms. The summed E-state index contributed by atoms with van der Waals surface area (Å²) in [7, 11) is 0. The lowest BCUT2D eigenvalue weighted by atomic mass is 10.2. The van der Waals surface area contributed by atoms with Crippen LogP contribution in [0, 0.1) is 0 Å². The predicted octanol–water partition coefficient (Wildman–Crippen LogP) is 4.84. The molecule has 0 bridgehead atoms. The first kappa shape index (κ1) is 20.1. The third-order valence-electron chi connectivity index (χ3n) is 3.57. The van der Waals surface area contributed by atoms with Crippen molar-refractivity contribution in [1.82, 2.24) is 9.80 Å². The fraction of sp³-hybridized carbons (Fsp3) is 0.889. The minimum atomic E-state index is 0.430. The van der Waals surface area contributed by atoms with Crippen molar-refractivity contribution in [3.05, 3.63) is 12.1 Å². The zero-order valence-electron chi connectivity index (χ0n) is 15.8. The average molecular weight is 299 g/mol. The highest BCUT2D eigenvalue weighted by atomic mass is 16.5. The zero-order chi connectivity index (χ0) is 16.6. The van der Waals surface area contributed by atoms with Crippen LogP contribution in [-0.2, 0) is 4.74 Å². The van der Waals surface area contributed by atoms with E-state index in [0.717, 1.165) is 25.3 Å². The smallest absolute Gasteiger partial charge is 0.206 e. The van der Waals surface area contributed by atoms with E-state index in [1.165, 1.54) is 0 Å². The van der Waals surface area contributed by atoms with Gasteiger partial charge >= 0.3 is 0 Å². The molecule has 0 fully saturated rings. The summed E-state index contributed by atoms with van der Waals surface area (Å²) in [6, 6.07) is 1.80. The van der Waals surface area contributed by atoms with E-state index in [1.807, 2.05) is 0 Å². The standard InChI is InChI=1S/C18H38N2O/c1-10-11-12-21-18(20(16(6)7)17(8)9)13-19(14(2)3)15(4)5/h13-17H,10-12H2,1-9H3/b18-13-. The van der Waals surface area contributed by atoms with Gasteiger partial charge in [-0.05, 0) is 61.8 Å². The summed E-state index contributed by atoms with van der Waals surface area (Å²) in [6.07, 6.45) is 4.48. The van der Waals surface area contributed by atoms with Gasteiger partial charge in [0, 0.05) is 24.2 Å². The van der Waals surface area contributed by atoms with Gasteiger partial charge in [-0.1, -0.05) is 13.3 Å². The lowest BCUT2D eigenvalue weighted by molar-refractivity contribution is 0.0623. The molecule has 0 aliphatic rings. The van der Waals surface area contributed by atoms with Gasteiger partial charge in [0.2, 0.25) is 5.88 Å². The Morgan fingerprint density at radius 2 is 1.33 bits per heavy atom. The first-order valence-corrected chi connectivity index (χ1v) is 8.62. The van der Waals surface area contributed by atoms with Gasteiger partial charge in [-0.25, -0.2) is 0 Å². The molecule has 0 saturated carbocycles. The molecule has 0 aliphatic heterocycles. The molecule has 126 valence electrons. The molecule has 0 N–H and O–H groups in total. The minimum Gasteiger partial charge on any atom is -0.478 e. The van der Waals surface area contributed by atoms with Gasteiger partial charge in [0.1, 0.15) is 0 Å². The van der Waals surface area contributed by atoms with Crippen LogP contribution in [0.2, 0.25) is 0 Å². The normalized spacial score (nSPS) is 12.7. The number of rotatable bonds is 10. The van der Waals surface area contributed by atoms with E-state index in [2.05, 4.69) is 78.3 Å². The highest BCUT2D eigenvalue weighted by Crippen LogP contribution is 2.19. The summed E-state index contributed by atoms with van der Waals surface area (Å²) in [6.45, 7) is 20.8. The Morgan fingerprint density at radius 3 is 1.67 bits per heavy atom. The van der Waals surface area contributed by atoms with E-state index in [0.29, 0.717) is 24.2 Å². The largest absolute Gasteiger partial charge is 0.478 e. The molecule has 0 atom stereocenters. The minimum absolute atomic E-state index is 0.430. The lowest BCUT2D eigenvalue weighted by Crippen LogP contribution is -2.40. The summed E-state index contributed by atoms with van der Waals surface area (Å²) in [5.41, 5.74) is 0. The zero-order valence-corrected chi connectivity index (χ0v) is 15.8. The maximum Gasteiger partial charge on any atom is 0.206 e. The maximum absolute atomic E-state index is 6.14. The molecule has 0 heterocycles.